The molecule has 3 amide bonds. The van der Waals surface area contributed by atoms with E-state index in [9.17, 15) is 14.4 Å². The third-order valence-corrected chi connectivity index (χ3v) is 4.11. The zero-order valence-electron chi connectivity index (χ0n) is 14.4. The molecule has 1 saturated carbocycles. The number of hydrogen-bond acceptors (Lipinski definition) is 3. The number of carboxylic acids is 1. The van der Waals surface area contributed by atoms with Crippen LogP contribution in [0, 0.1) is 5.92 Å². The molecule has 1 aromatic carbocycles. The number of nitrogens with one attached hydrogen (secondary N) is 3. The van der Waals surface area contributed by atoms with Crippen molar-refractivity contribution in [1.82, 2.24) is 10.6 Å². The Bertz CT molecular complexity index is 694. The lowest BCUT2D eigenvalue weighted by Crippen LogP contribution is -2.46. The first kappa shape index (κ1) is 19.1. The molecular formula is C17H22ClN3O4. The van der Waals surface area contributed by atoms with Crippen LogP contribution < -0.4 is 16.0 Å². The molecule has 0 aliphatic heterocycles. The van der Waals surface area contributed by atoms with Crippen LogP contribution >= 0.6 is 11.6 Å². The SMILES string of the molecule is CC(C)(C)NC(=O)Nc1ccc(Cl)c(C(=O)NC2CC(C(=O)O)C2)c1. The molecule has 0 heterocycles. The molecule has 7 nitrogen and oxygen atoms in total. The highest BCUT2D eigenvalue weighted by Gasteiger charge is 2.35. The van der Waals surface area contributed by atoms with Crippen molar-refractivity contribution < 1.29 is 19.5 Å². The molecule has 0 radical (unpaired) electrons. The largest absolute Gasteiger partial charge is 0.481 e. The van der Waals surface area contributed by atoms with Crippen LogP contribution in [0.2, 0.25) is 5.02 Å². The van der Waals surface area contributed by atoms with E-state index in [2.05, 4.69) is 16.0 Å². The van der Waals surface area contributed by atoms with Gasteiger partial charge in [-0.15, -0.1) is 0 Å². The van der Waals surface area contributed by atoms with Crippen molar-refractivity contribution in [3.63, 3.8) is 0 Å². The van der Waals surface area contributed by atoms with E-state index in [1.807, 2.05) is 20.8 Å². The minimum atomic E-state index is -0.848. The summed E-state index contributed by atoms with van der Waals surface area (Å²) in [6.45, 7) is 5.57. The van der Waals surface area contributed by atoms with Crippen LogP contribution in [0.3, 0.4) is 0 Å². The van der Waals surface area contributed by atoms with Crippen LogP contribution in [0.5, 0.6) is 0 Å². The molecule has 136 valence electrons. The second-order valence-corrected chi connectivity index (χ2v) is 7.61. The zero-order chi connectivity index (χ0) is 18.8. The number of amides is 3. The lowest BCUT2D eigenvalue weighted by atomic mass is 9.80. The molecule has 2 rings (SSSR count). The van der Waals surface area contributed by atoms with Gasteiger partial charge in [0, 0.05) is 17.3 Å². The number of urea groups is 1. The standard InChI is InChI=1S/C17H22ClN3O4/c1-17(2,3)21-16(25)20-10-4-5-13(18)12(8-10)14(22)19-11-6-9(7-11)15(23)24/h4-5,8-9,11H,6-7H2,1-3H3,(H,19,22)(H,23,24)(H2,20,21,25). The molecule has 0 saturated heterocycles. The molecule has 1 aliphatic carbocycles. The third-order valence-electron chi connectivity index (χ3n) is 3.78. The van der Waals surface area contributed by atoms with Gasteiger partial charge in [-0.3, -0.25) is 9.59 Å². The highest BCUT2D eigenvalue weighted by Crippen LogP contribution is 2.28. The number of aliphatic carboxylic acids is 1. The van der Waals surface area contributed by atoms with Gasteiger partial charge in [0.05, 0.1) is 16.5 Å². The first-order valence-corrected chi connectivity index (χ1v) is 8.35. The fraction of sp³-hybridized carbons (Fsp3) is 0.471. The summed E-state index contributed by atoms with van der Waals surface area (Å²) < 4.78 is 0. The van der Waals surface area contributed by atoms with Gasteiger partial charge in [0.2, 0.25) is 0 Å². The first-order valence-electron chi connectivity index (χ1n) is 7.97. The van der Waals surface area contributed by atoms with Crippen LogP contribution in [0.4, 0.5) is 10.5 Å². The van der Waals surface area contributed by atoms with E-state index in [-0.39, 0.29) is 28.2 Å². The van der Waals surface area contributed by atoms with Crippen LogP contribution in [0.25, 0.3) is 0 Å². The second kappa shape index (κ2) is 7.31. The summed E-state index contributed by atoms with van der Waals surface area (Å²) in [5.74, 6) is -1.65. The summed E-state index contributed by atoms with van der Waals surface area (Å²) in [7, 11) is 0. The van der Waals surface area contributed by atoms with E-state index in [0.717, 1.165) is 0 Å². The molecule has 8 heteroatoms. The van der Waals surface area contributed by atoms with Crippen LogP contribution in [0.15, 0.2) is 18.2 Å². The molecule has 1 aromatic rings. The Hall–Kier alpha value is -2.28. The Labute approximate surface area is 151 Å². The highest BCUT2D eigenvalue weighted by atomic mass is 35.5. The van der Waals surface area contributed by atoms with Crippen molar-refractivity contribution >= 4 is 35.2 Å². The smallest absolute Gasteiger partial charge is 0.319 e. The lowest BCUT2D eigenvalue weighted by molar-refractivity contribution is -0.145. The van der Waals surface area contributed by atoms with Gasteiger partial charge in [0.1, 0.15) is 0 Å². The molecule has 0 atom stereocenters. The number of carbonyl (C=O) groups is 3. The summed E-state index contributed by atoms with van der Waals surface area (Å²) in [6.07, 6.45) is 0.815. The fourth-order valence-corrected chi connectivity index (χ4v) is 2.68. The highest BCUT2D eigenvalue weighted by molar-refractivity contribution is 6.34. The van der Waals surface area contributed by atoms with Gasteiger partial charge in [0.25, 0.3) is 5.91 Å². The van der Waals surface area contributed by atoms with E-state index in [1.54, 1.807) is 6.07 Å². The maximum Gasteiger partial charge on any atom is 0.319 e. The summed E-state index contributed by atoms with van der Waals surface area (Å²) in [6, 6.07) is 4.07. The van der Waals surface area contributed by atoms with Crippen LogP contribution in [-0.2, 0) is 4.79 Å². The van der Waals surface area contributed by atoms with E-state index in [1.165, 1.54) is 12.1 Å². The first-order chi connectivity index (χ1) is 11.5. The maximum absolute atomic E-state index is 12.3. The Balaban J connectivity index is 2.00. The van der Waals surface area contributed by atoms with Crippen molar-refractivity contribution in [2.75, 3.05) is 5.32 Å². The van der Waals surface area contributed by atoms with Crippen molar-refractivity contribution in [3.8, 4) is 0 Å². The van der Waals surface area contributed by atoms with Crippen molar-refractivity contribution in [2.45, 2.75) is 45.2 Å². The van der Waals surface area contributed by atoms with E-state index < -0.39 is 17.8 Å². The van der Waals surface area contributed by atoms with Crippen LogP contribution in [-0.4, -0.2) is 34.6 Å². The van der Waals surface area contributed by atoms with Gasteiger partial charge in [0.15, 0.2) is 0 Å². The summed E-state index contributed by atoms with van der Waals surface area (Å²) in [5, 5.41) is 17.3. The number of carboxylic acid groups (broad SMARTS) is 1. The molecule has 0 aromatic heterocycles. The van der Waals surface area contributed by atoms with Gasteiger partial charge in [-0.1, -0.05) is 11.6 Å². The van der Waals surface area contributed by atoms with Gasteiger partial charge in [-0.2, -0.15) is 0 Å². The molecule has 0 unspecified atom stereocenters. The summed E-state index contributed by atoms with van der Waals surface area (Å²) >= 11 is 6.07. The number of anilines is 1. The maximum atomic E-state index is 12.3. The van der Waals surface area contributed by atoms with E-state index in [4.69, 9.17) is 16.7 Å². The van der Waals surface area contributed by atoms with Crippen molar-refractivity contribution in [2.24, 2.45) is 5.92 Å². The fourth-order valence-electron chi connectivity index (χ4n) is 2.48. The van der Waals surface area contributed by atoms with Crippen molar-refractivity contribution in [1.29, 1.82) is 0 Å². The predicted molar refractivity (Wildman–Crippen MR) is 95.0 cm³/mol. The summed E-state index contributed by atoms with van der Waals surface area (Å²) in [4.78, 5) is 35.1. The lowest BCUT2D eigenvalue weighted by Gasteiger charge is -2.32. The molecule has 0 spiro atoms. The molecule has 0 bridgehead atoms. The second-order valence-electron chi connectivity index (χ2n) is 7.20. The Morgan fingerprint density at radius 1 is 1.20 bits per heavy atom. The molecule has 25 heavy (non-hydrogen) atoms. The van der Waals surface area contributed by atoms with E-state index in [0.29, 0.717) is 18.5 Å². The topological polar surface area (TPSA) is 108 Å². The number of rotatable bonds is 4. The molecule has 1 aliphatic rings. The quantitative estimate of drug-likeness (QED) is 0.656. The van der Waals surface area contributed by atoms with Crippen molar-refractivity contribution in [3.05, 3.63) is 28.8 Å². The number of halogens is 1. The average molecular weight is 368 g/mol. The zero-order valence-corrected chi connectivity index (χ0v) is 15.1. The minimum Gasteiger partial charge on any atom is -0.481 e. The average Bonchev–Trinajstić information content (AvgIpc) is 2.41. The monoisotopic (exact) mass is 367 g/mol. The number of carbonyl (C=O) groups excluding carboxylic acids is 2. The minimum absolute atomic E-state index is 0.175. The normalized spacial score (nSPS) is 19.5. The van der Waals surface area contributed by atoms with Gasteiger partial charge < -0.3 is 21.1 Å². The van der Waals surface area contributed by atoms with Crippen LogP contribution in [0.1, 0.15) is 44.0 Å². The van der Waals surface area contributed by atoms with Gasteiger partial charge >= 0.3 is 12.0 Å². The Morgan fingerprint density at radius 2 is 1.84 bits per heavy atom. The predicted octanol–water partition coefficient (Wildman–Crippen LogP) is 2.85. The van der Waals surface area contributed by atoms with E-state index >= 15 is 0 Å². The molecule has 1 fully saturated rings. The van der Waals surface area contributed by atoms with Gasteiger partial charge in [-0.05, 0) is 51.8 Å². The molecular weight excluding hydrogens is 346 g/mol. The summed E-state index contributed by atoms with van der Waals surface area (Å²) in [5.41, 5.74) is 0.282. The number of benzene rings is 1. The third kappa shape index (κ3) is 5.35. The van der Waals surface area contributed by atoms with Gasteiger partial charge in [-0.25, -0.2) is 4.79 Å². The molecule has 4 N–H and O–H groups in total. The Morgan fingerprint density at radius 3 is 2.40 bits per heavy atom. The number of hydrogen-bond donors (Lipinski definition) is 4. The Kier molecular flexibility index (Phi) is 5.57.